The maximum Gasteiger partial charge on any atom is 0.242 e. The van der Waals surface area contributed by atoms with E-state index >= 15 is 0 Å². The highest BCUT2D eigenvalue weighted by atomic mass is 32.2. The van der Waals surface area contributed by atoms with Gasteiger partial charge in [-0.15, -0.1) is 0 Å². The number of amides is 1. The van der Waals surface area contributed by atoms with Gasteiger partial charge in [-0.2, -0.15) is 0 Å². The minimum Gasteiger partial charge on any atom is -0.368 e. The number of sulfonamides is 2. The number of carbonyl (C=O) groups excluding carboxylic acids is 1. The van der Waals surface area contributed by atoms with Crippen LogP contribution in [0.2, 0.25) is 0 Å². The van der Waals surface area contributed by atoms with Crippen molar-refractivity contribution in [3.8, 4) is 0 Å². The normalized spacial score (nSPS) is 12.4. The second-order valence-corrected chi connectivity index (χ2v) is 8.58. The van der Waals surface area contributed by atoms with Gasteiger partial charge in [0.15, 0.2) is 0 Å². The molecule has 1 amide bonds. The van der Waals surface area contributed by atoms with Crippen molar-refractivity contribution >= 4 is 31.6 Å². The molecule has 0 radical (unpaired) electrons. The van der Waals surface area contributed by atoms with E-state index in [1.807, 2.05) is 0 Å². The summed E-state index contributed by atoms with van der Waals surface area (Å²) in [6.07, 6.45) is 0.931. The fraction of sp³-hybridized carbons (Fsp3) is 0.364. The van der Waals surface area contributed by atoms with E-state index in [2.05, 4.69) is 0 Å². The predicted octanol–water partition coefficient (Wildman–Crippen LogP) is -0.812. The van der Waals surface area contributed by atoms with Crippen LogP contribution in [0, 0.1) is 0 Å². The number of primary amides is 1. The van der Waals surface area contributed by atoms with Crippen LogP contribution in [0.4, 0.5) is 5.69 Å². The van der Waals surface area contributed by atoms with Gasteiger partial charge in [0.2, 0.25) is 26.0 Å². The van der Waals surface area contributed by atoms with Crippen molar-refractivity contribution in [2.45, 2.75) is 4.90 Å². The third-order valence-electron chi connectivity index (χ3n) is 2.60. The molecule has 0 bridgehead atoms. The Morgan fingerprint density at radius 3 is 1.90 bits per heavy atom. The molecular weight excluding hydrogens is 318 g/mol. The van der Waals surface area contributed by atoms with E-state index in [-0.39, 0.29) is 10.6 Å². The third-order valence-corrected chi connectivity index (χ3v) is 5.57. The quantitative estimate of drug-likeness (QED) is 0.729. The summed E-state index contributed by atoms with van der Waals surface area (Å²) in [5, 5.41) is 0. The first-order chi connectivity index (χ1) is 9.46. The molecule has 0 fully saturated rings. The molecule has 1 aromatic carbocycles. The van der Waals surface area contributed by atoms with Gasteiger partial charge >= 0.3 is 0 Å². The van der Waals surface area contributed by atoms with E-state index in [0.717, 1.165) is 14.9 Å². The lowest BCUT2D eigenvalue weighted by Gasteiger charge is -2.21. The van der Waals surface area contributed by atoms with Crippen LogP contribution in [0.25, 0.3) is 0 Å². The highest BCUT2D eigenvalue weighted by Gasteiger charge is 2.21. The molecule has 118 valence electrons. The summed E-state index contributed by atoms with van der Waals surface area (Å²) in [5.41, 5.74) is 5.18. The average molecular weight is 335 g/mol. The molecule has 0 unspecified atom stereocenters. The number of carbonyl (C=O) groups is 1. The Bertz CT molecular complexity index is 724. The van der Waals surface area contributed by atoms with Crippen LogP contribution in [0.1, 0.15) is 0 Å². The van der Waals surface area contributed by atoms with E-state index in [1.54, 1.807) is 0 Å². The van der Waals surface area contributed by atoms with Crippen molar-refractivity contribution in [3.63, 3.8) is 0 Å². The summed E-state index contributed by atoms with van der Waals surface area (Å²) >= 11 is 0. The number of rotatable bonds is 6. The summed E-state index contributed by atoms with van der Waals surface area (Å²) in [4.78, 5) is 11.0. The topological polar surface area (TPSA) is 118 Å². The lowest BCUT2D eigenvalue weighted by molar-refractivity contribution is -0.116. The lowest BCUT2D eigenvalue weighted by atomic mass is 10.3. The summed E-state index contributed by atoms with van der Waals surface area (Å²) < 4.78 is 49.0. The smallest absolute Gasteiger partial charge is 0.242 e. The van der Waals surface area contributed by atoms with Gasteiger partial charge < -0.3 is 5.73 Å². The first-order valence-electron chi connectivity index (χ1n) is 5.75. The Balaban J connectivity index is 3.24. The molecule has 0 heterocycles. The second-order valence-electron chi connectivity index (χ2n) is 4.52. The van der Waals surface area contributed by atoms with Crippen LogP contribution in [0.15, 0.2) is 29.2 Å². The van der Waals surface area contributed by atoms with Gasteiger partial charge in [-0.05, 0) is 24.3 Å². The molecule has 1 aromatic rings. The number of hydrogen-bond acceptors (Lipinski definition) is 5. The first kappa shape index (κ1) is 17.4. The van der Waals surface area contributed by atoms with Crippen molar-refractivity contribution in [1.82, 2.24) is 4.31 Å². The molecule has 8 nitrogen and oxygen atoms in total. The number of nitrogens with two attached hydrogens (primary N) is 1. The number of benzene rings is 1. The monoisotopic (exact) mass is 335 g/mol. The third kappa shape index (κ3) is 4.16. The maximum absolute atomic E-state index is 11.9. The van der Waals surface area contributed by atoms with Crippen LogP contribution in [0.3, 0.4) is 0 Å². The SMILES string of the molecule is CN(C)S(=O)(=O)c1ccc(N(CC(N)=O)S(C)(=O)=O)cc1. The van der Waals surface area contributed by atoms with E-state index in [1.165, 1.54) is 38.4 Å². The van der Waals surface area contributed by atoms with Crippen molar-refractivity contribution in [2.24, 2.45) is 5.73 Å². The zero-order chi connectivity index (χ0) is 16.4. The van der Waals surface area contributed by atoms with E-state index in [9.17, 15) is 21.6 Å². The fourth-order valence-electron chi connectivity index (χ4n) is 1.54. The van der Waals surface area contributed by atoms with E-state index in [4.69, 9.17) is 5.73 Å². The predicted molar refractivity (Wildman–Crippen MR) is 78.7 cm³/mol. The molecule has 0 aliphatic heterocycles. The summed E-state index contributed by atoms with van der Waals surface area (Å²) in [5.74, 6) is -0.814. The van der Waals surface area contributed by atoms with Gasteiger partial charge in [0.25, 0.3) is 0 Å². The summed E-state index contributed by atoms with van der Waals surface area (Å²) in [6, 6.07) is 5.15. The van der Waals surface area contributed by atoms with E-state index in [0.29, 0.717) is 0 Å². The zero-order valence-electron chi connectivity index (χ0n) is 11.8. The molecule has 1 rings (SSSR count). The molecule has 0 saturated heterocycles. The number of hydrogen-bond donors (Lipinski definition) is 1. The Hall–Kier alpha value is -1.65. The Kier molecular flexibility index (Phi) is 4.97. The molecule has 0 spiro atoms. The highest BCUT2D eigenvalue weighted by molar-refractivity contribution is 7.92. The van der Waals surface area contributed by atoms with E-state index < -0.39 is 32.5 Å². The highest BCUT2D eigenvalue weighted by Crippen LogP contribution is 2.21. The van der Waals surface area contributed by atoms with Crippen LogP contribution in [-0.4, -0.2) is 53.9 Å². The minimum absolute atomic E-state index is 0.0174. The largest absolute Gasteiger partial charge is 0.368 e. The van der Waals surface area contributed by atoms with Gasteiger partial charge in [-0.3, -0.25) is 9.10 Å². The summed E-state index contributed by atoms with van der Waals surface area (Å²) in [6.45, 7) is -0.515. The van der Waals surface area contributed by atoms with Gasteiger partial charge in [0, 0.05) is 14.1 Å². The van der Waals surface area contributed by atoms with Crippen LogP contribution < -0.4 is 10.0 Å². The van der Waals surface area contributed by atoms with Crippen molar-refractivity contribution in [2.75, 3.05) is 31.2 Å². The Labute approximate surface area is 124 Å². The van der Waals surface area contributed by atoms with Gasteiger partial charge in [0.1, 0.15) is 6.54 Å². The molecule has 10 heteroatoms. The molecule has 0 aromatic heterocycles. The average Bonchev–Trinajstić information content (AvgIpc) is 2.34. The summed E-state index contributed by atoms with van der Waals surface area (Å²) in [7, 11) is -4.53. The standard InChI is InChI=1S/C11H17N3O5S2/c1-13(2)21(18,19)10-6-4-9(5-7-10)14(8-11(12)15)20(3,16)17/h4-7H,8H2,1-3H3,(H2,12,15). The van der Waals surface area contributed by atoms with Crippen LogP contribution >= 0.6 is 0 Å². The number of anilines is 1. The fourth-order valence-corrected chi connectivity index (χ4v) is 3.30. The van der Waals surface area contributed by atoms with Crippen molar-refractivity contribution < 1.29 is 21.6 Å². The molecule has 0 aliphatic carbocycles. The Morgan fingerprint density at radius 1 is 1.10 bits per heavy atom. The lowest BCUT2D eigenvalue weighted by Crippen LogP contribution is -2.37. The van der Waals surface area contributed by atoms with Gasteiger partial charge in [-0.1, -0.05) is 0 Å². The number of nitrogens with zero attached hydrogens (tertiary/aromatic N) is 2. The molecule has 21 heavy (non-hydrogen) atoms. The Morgan fingerprint density at radius 2 is 1.57 bits per heavy atom. The van der Waals surface area contributed by atoms with Crippen molar-refractivity contribution in [1.29, 1.82) is 0 Å². The molecular formula is C11H17N3O5S2. The second kappa shape index (κ2) is 6.00. The minimum atomic E-state index is -3.71. The molecule has 2 N–H and O–H groups in total. The maximum atomic E-state index is 11.9. The molecule has 0 saturated carbocycles. The molecule has 0 aliphatic rings. The van der Waals surface area contributed by atoms with Crippen LogP contribution in [0.5, 0.6) is 0 Å². The molecule has 0 atom stereocenters. The van der Waals surface area contributed by atoms with Crippen LogP contribution in [-0.2, 0) is 24.8 Å². The first-order valence-corrected chi connectivity index (χ1v) is 9.03. The van der Waals surface area contributed by atoms with Crippen molar-refractivity contribution in [3.05, 3.63) is 24.3 Å². The zero-order valence-corrected chi connectivity index (χ0v) is 13.5. The van der Waals surface area contributed by atoms with Gasteiger partial charge in [-0.25, -0.2) is 21.1 Å². The van der Waals surface area contributed by atoms with Gasteiger partial charge in [0.05, 0.1) is 16.8 Å².